The van der Waals surface area contributed by atoms with E-state index < -0.39 is 0 Å². The van der Waals surface area contributed by atoms with Crippen LogP contribution in [0.15, 0.2) is 47.8 Å². The number of halogens is 1. The van der Waals surface area contributed by atoms with Gasteiger partial charge >= 0.3 is 0 Å². The Morgan fingerprint density at radius 2 is 1.75 bits per heavy atom. The SMILES string of the molecule is O=Nn1c2ccccc2c2cc(F)ccc21. The summed E-state index contributed by atoms with van der Waals surface area (Å²) in [6.07, 6.45) is 0. The Bertz CT molecular complexity index is 703. The number of hydrogen-bond donors (Lipinski definition) is 0. The fourth-order valence-electron chi connectivity index (χ4n) is 2.01. The molecule has 4 heteroatoms. The largest absolute Gasteiger partial charge is 0.207 e. The summed E-state index contributed by atoms with van der Waals surface area (Å²) in [5.74, 6) is -0.318. The van der Waals surface area contributed by atoms with E-state index in [1.807, 2.05) is 18.2 Å². The second kappa shape index (κ2) is 3.13. The minimum atomic E-state index is -0.318. The quantitative estimate of drug-likeness (QED) is 0.571. The first-order valence-corrected chi connectivity index (χ1v) is 4.83. The van der Waals surface area contributed by atoms with Gasteiger partial charge in [-0.1, -0.05) is 18.2 Å². The lowest BCUT2D eigenvalue weighted by Gasteiger charge is -1.93. The first kappa shape index (κ1) is 9.03. The summed E-state index contributed by atoms with van der Waals surface area (Å²) in [6.45, 7) is 0. The molecule has 0 aliphatic heterocycles. The third-order valence-corrected chi connectivity index (χ3v) is 2.69. The van der Waals surface area contributed by atoms with Crippen molar-refractivity contribution in [3.63, 3.8) is 0 Å². The van der Waals surface area contributed by atoms with Gasteiger partial charge in [-0.15, -0.1) is 4.91 Å². The van der Waals surface area contributed by atoms with Crippen LogP contribution in [-0.4, -0.2) is 4.68 Å². The predicted molar refractivity (Wildman–Crippen MR) is 60.6 cm³/mol. The van der Waals surface area contributed by atoms with Crippen LogP contribution in [0.25, 0.3) is 21.8 Å². The van der Waals surface area contributed by atoms with Gasteiger partial charge in [0.25, 0.3) is 0 Å². The number of aromatic nitrogens is 1. The molecule has 0 bridgehead atoms. The fourth-order valence-corrected chi connectivity index (χ4v) is 2.01. The monoisotopic (exact) mass is 214 g/mol. The zero-order valence-corrected chi connectivity index (χ0v) is 8.22. The molecule has 1 heterocycles. The highest BCUT2D eigenvalue weighted by Gasteiger charge is 2.10. The van der Waals surface area contributed by atoms with Gasteiger partial charge in [-0.3, -0.25) is 0 Å². The lowest BCUT2D eigenvalue weighted by molar-refractivity contribution is 0.629. The number of benzene rings is 2. The third kappa shape index (κ3) is 1.07. The van der Waals surface area contributed by atoms with E-state index in [1.165, 1.54) is 16.8 Å². The average molecular weight is 214 g/mol. The smallest absolute Gasteiger partial charge is 0.123 e. The maximum absolute atomic E-state index is 13.2. The molecule has 0 atom stereocenters. The molecular weight excluding hydrogens is 207 g/mol. The summed E-state index contributed by atoms with van der Waals surface area (Å²) in [5.41, 5.74) is 1.32. The van der Waals surface area contributed by atoms with E-state index in [1.54, 1.807) is 12.1 Å². The van der Waals surface area contributed by atoms with Crippen molar-refractivity contribution in [1.29, 1.82) is 0 Å². The van der Waals surface area contributed by atoms with Crippen LogP contribution in [0, 0.1) is 10.7 Å². The average Bonchev–Trinajstić information content (AvgIpc) is 2.62. The summed E-state index contributed by atoms with van der Waals surface area (Å²) in [6, 6.07) is 11.6. The Balaban J connectivity index is 2.64. The zero-order chi connectivity index (χ0) is 11.1. The molecule has 0 spiro atoms. The molecule has 0 amide bonds. The Labute approximate surface area is 90.0 Å². The second-order valence-corrected chi connectivity index (χ2v) is 3.57. The highest BCUT2D eigenvalue weighted by atomic mass is 19.1. The topological polar surface area (TPSA) is 34.4 Å². The van der Waals surface area contributed by atoms with Crippen molar-refractivity contribution in [2.24, 2.45) is 5.29 Å². The van der Waals surface area contributed by atoms with Crippen LogP contribution in [0.1, 0.15) is 0 Å². The van der Waals surface area contributed by atoms with Crippen molar-refractivity contribution in [3.05, 3.63) is 53.2 Å². The Hall–Kier alpha value is -2.23. The van der Waals surface area contributed by atoms with E-state index in [0.717, 1.165) is 5.39 Å². The number of hydrogen-bond acceptors (Lipinski definition) is 2. The first-order chi connectivity index (χ1) is 7.81. The van der Waals surface area contributed by atoms with Crippen molar-refractivity contribution in [3.8, 4) is 0 Å². The molecule has 78 valence electrons. The van der Waals surface area contributed by atoms with E-state index >= 15 is 0 Å². The fraction of sp³-hybridized carbons (Fsp3) is 0. The van der Waals surface area contributed by atoms with Crippen LogP contribution >= 0.6 is 0 Å². The molecule has 0 saturated heterocycles. The van der Waals surface area contributed by atoms with Gasteiger partial charge < -0.3 is 0 Å². The maximum atomic E-state index is 13.2. The van der Waals surface area contributed by atoms with Crippen LogP contribution in [0.5, 0.6) is 0 Å². The Kier molecular flexibility index (Phi) is 1.77. The van der Waals surface area contributed by atoms with Crippen LogP contribution in [0.3, 0.4) is 0 Å². The van der Waals surface area contributed by atoms with Gasteiger partial charge in [-0.25, -0.2) is 4.39 Å². The van der Waals surface area contributed by atoms with Crippen LogP contribution in [-0.2, 0) is 0 Å². The molecule has 0 fully saturated rings. The van der Waals surface area contributed by atoms with Crippen LogP contribution in [0.4, 0.5) is 4.39 Å². The molecular formula is C12H7FN2O. The molecule has 0 N–H and O–H groups in total. The van der Waals surface area contributed by atoms with Gasteiger partial charge in [-0.05, 0) is 24.3 Å². The third-order valence-electron chi connectivity index (χ3n) is 2.69. The molecule has 0 aliphatic carbocycles. The van der Waals surface area contributed by atoms with Crippen LogP contribution in [0.2, 0.25) is 0 Å². The molecule has 0 saturated carbocycles. The number of para-hydroxylation sites is 1. The summed E-state index contributed by atoms with van der Waals surface area (Å²) in [5, 5.41) is 4.49. The summed E-state index contributed by atoms with van der Waals surface area (Å²) < 4.78 is 14.4. The highest BCUT2D eigenvalue weighted by molar-refractivity contribution is 6.07. The summed E-state index contributed by atoms with van der Waals surface area (Å²) >= 11 is 0. The van der Waals surface area contributed by atoms with Gasteiger partial charge in [0.2, 0.25) is 0 Å². The molecule has 3 nitrogen and oxygen atoms in total. The van der Waals surface area contributed by atoms with E-state index in [9.17, 15) is 9.30 Å². The standard InChI is InChI=1S/C12H7FN2O/c13-8-5-6-12-10(7-8)9-3-1-2-4-11(9)15(12)14-16/h1-7H. The number of fused-ring (bicyclic) bond motifs is 3. The van der Waals surface area contributed by atoms with Crippen molar-refractivity contribution < 1.29 is 4.39 Å². The maximum Gasteiger partial charge on any atom is 0.123 e. The van der Waals surface area contributed by atoms with Crippen molar-refractivity contribution in [2.75, 3.05) is 0 Å². The molecule has 3 aromatic rings. The van der Waals surface area contributed by atoms with Gasteiger partial charge in [-0.2, -0.15) is 4.68 Å². The Morgan fingerprint density at radius 1 is 1.00 bits per heavy atom. The molecule has 0 unspecified atom stereocenters. The van der Waals surface area contributed by atoms with Gasteiger partial charge in [0.1, 0.15) is 5.82 Å². The van der Waals surface area contributed by atoms with Crippen molar-refractivity contribution in [2.45, 2.75) is 0 Å². The summed E-state index contributed by atoms with van der Waals surface area (Å²) in [4.78, 5) is 10.8. The normalized spacial score (nSPS) is 11.1. The molecule has 2 aromatic carbocycles. The number of nitroso groups, excluding NO2 is 1. The van der Waals surface area contributed by atoms with Gasteiger partial charge in [0, 0.05) is 10.8 Å². The minimum Gasteiger partial charge on any atom is -0.207 e. The highest BCUT2D eigenvalue weighted by Crippen LogP contribution is 2.29. The molecule has 3 rings (SSSR count). The van der Waals surface area contributed by atoms with Crippen LogP contribution < -0.4 is 0 Å². The van der Waals surface area contributed by atoms with Gasteiger partial charge in [0.15, 0.2) is 0 Å². The number of rotatable bonds is 1. The lowest BCUT2D eigenvalue weighted by Crippen LogP contribution is -1.84. The minimum absolute atomic E-state index is 0.318. The molecule has 0 aliphatic rings. The second-order valence-electron chi connectivity index (χ2n) is 3.57. The zero-order valence-electron chi connectivity index (χ0n) is 8.22. The van der Waals surface area contributed by atoms with Crippen molar-refractivity contribution in [1.82, 2.24) is 4.68 Å². The van der Waals surface area contributed by atoms with Gasteiger partial charge in [0.05, 0.1) is 16.3 Å². The molecule has 16 heavy (non-hydrogen) atoms. The lowest BCUT2D eigenvalue weighted by atomic mass is 10.1. The van der Waals surface area contributed by atoms with E-state index in [-0.39, 0.29) is 5.82 Å². The van der Waals surface area contributed by atoms with Crippen molar-refractivity contribution >= 4 is 21.8 Å². The van der Waals surface area contributed by atoms with E-state index in [2.05, 4.69) is 5.29 Å². The summed E-state index contributed by atoms with van der Waals surface area (Å²) in [7, 11) is 0. The first-order valence-electron chi connectivity index (χ1n) is 4.83. The molecule has 1 aromatic heterocycles. The Morgan fingerprint density at radius 3 is 2.56 bits per heavy atom. The van der Waals surface area contributed by atoms with E-state index in [4.69, 9.17) is 0 Å². The predicted octanol–water partition coefficient (Wildman–Crippen LogP) is 3.46. The number of nitrogens with zero attached hydrogens (tertiary/aromatic N) is 2. The molecule has 0 radical (unpaired) electrons. The van der Waals surface area contributed by atoms with E-state index in [0.29, 0.717) is 16.4 Å².